The number of rotatable bonds is 7. The molecule has 4 aromatic rings. The third-order valence-corrected chi connectivity index (χ3v) is 9.83. The van der Waals surface area contributed by atoms with E-state index in [-0.39, 0.29) is 30.0 Å². The molecule has 65 heavy (non-hydrogen) atoms. The number of imide groups is 1. The van der Waals surface area contributed by atoms with Gasteiger partial charge in [0.15, 0.2) is 5.82 Å². The van der Waals surface area contributed by atoms with Crippen LogP contribution in [0.2, 0.25) is 0 Å². The summed E-state index contributed by atoms with van der Waals surface area (Å²) in [4.78, 5) is 65.5. The molecule has 0 aliphatic heterocycles. The van der Waals surface area contributed by atoms with Crippen LogP contribution in [0.4, 0.5) is 63.0 Å². The fourth-order valence-corrected chi connectivity index (χ4v) is 7.16. The number of fused-ring (bicyclic) bond motifs is 1. The number of benzene rings is 2. The first-order valence-corrected chi connectivity index (χ1v) is 20.8. The van der Waals surface area contributed by atoms with Gasteiger partial charge in [0.2, 0.25) is 5.95 Å². The average molecular weight is 921 g/mol. The van der Waals surface area contributed by atoms with Crippen molar-refractivity contribution in [2.45, 2.75) is 143 Å². The molecule has 5 amide bonds. The first kappa shape index (κ1) is 49.9. The van der Waals surface area contributed by atoms with Crippen LogP contribution in [0.15, 0.2) is 42.6 Å². The SMILES string of the molecule is CCc1cc(-c2cc(NC(=O)Nc3cc(C(F)(F)F)ccc3C(F)(F)F)nn2C)cc2cnc(N(C(=O)OC(C)(C)C)C3CCC(N(C(=O)OC(C)(C)C)C(=O)OC(C)(C)C)CC3)nc12. The summed E-state index contributed by atoms with van der Waals surface area (Å²) in [7, 11) is 1.55. The molecule has 0 bridgehead atoms. The highest BCUT2D eigenvalue weighted by atomic mass is 19.4. The van der Waals surface area contributed by atoms with Gasteiger partial charge in [-0.2, -0.15) is 31.4 Å². The van der Waals surface area contributed by atoms with Gasteiger partial charge in [-0.15, -0.1) is 0 Å². The molecular formula is C44H54F6N8O7. The molecule has 0 unspecified atom stereocenters. The molecule has 15 nitrogen and oxygen atoms in total. The Bertz CT molecular complexity index is 2400. The second-order valence-electron chi connectivity index (χ2n) is 18.6. The summed E-state index contributed by atoms with van der Waals surface area (Å²) in [6.45, 7) is 17.2. The molecule has 2 aromatic heterocycles. The number of carbonyl (C=O) groups excluding carboxylic acids is 4. The second kappa shape index (κ2) is 18.4. The summed E-state index contributed by atoms with van der Waals surface area (Å²) in [5.41, 5.74) is -4.38. The van der Waals surface area contributed by atoms with E-state index >= 15 is 0 Å². The van der Waals surface area contributed by atoms with E-state index in [4.69, 9.17) is 19.2 Å². The summed E-state index contributed by atoms with van der Waals surface area (Å²) >= 11 is 0. The second-order valence-corrected chi connectivity index (χ2v) is 18.6. The maximum atomic E-state index is 14.0. The van der Waals surface area contributed by atoms with Crippen LogP contribution in [-0.4, -0.2) is 77.8 Å². The van der Waals surface area contributed by atoms with E-state index in [2.05, 4.69) is 15.4 Å². The van der Waals surface area contributed by atoms with E-state index in [0.717, 1.165) is 10.5 Å². The average Bonchev–Trinajstić information content (AvgIpc) is 3.51. The predicted octanol–water partition coefficient (Wildman–Crippen LogP) is 11.5. The van der Waals surface area contributed by atoms with Gasteiger partial charge in [-0.25, -0.2) is 38.9 Å². The number of aryl methyl sites for hydroxylation is 2. The molecule has 0 atom stereocenters. The van der Waals surface area contributed by atoms with E-state index < -0.39 is 82.4 Å². The van der Waals surface area contributed by atoms with Crippen molar-refractivity contribution in [2.75, 3.05) is 15.5 Å². The third-order valence-electron chi connectivity index (χ3n) is 9.83. The van der Waals surface area contributed by atoms with Crippen molar-refractivity contribution in [1.29, 1.82) is 0 Å². The summed E-state index contributed by atoms with van der Waals surface area (Å²) in [5, 5.41) is 8.94. The summed E-state index contributed by atoms with van der Waals surface area (Å²) in [6, 6.07) is 3.33. The fraction of sp³-hybridized carbons (Fsp3) is 0.523. The summed E-state index contributed by atoms with van der Waals surface area (Å²) in [5.74, 6) is -0.0606. The maximum absolute atomic E-state index is 14.0. The lowest BCUT2D eigenvalue weighted by Crippen LogP contribution is -2.52. The molecule has 5 rings (SSSR count). The van der Waals surface area contributed by atoms with Crippen LogP contribution in [0, 0.1) is 0 Å². The van der Waals surface area contributed by atoms with Gasteiger partial charge < -0.3 is 19.5 Å². The quantitative estimate of drug-likeness (QED) is 0.134. The van der Waals surface area contributed by atoms with Crippen LogP contribution in [0.5, 0.6) is 0 Å². The van der Waals surface area contributed by atoms with Crippen molar-refractivity contribution >= 4 is 52.7 Å². The van der Waals surface area contributed by atoms with Crippen LogP contribution >= 0.6 is 0 Å². The van der Waals surface area contributed by atoms with E-state index in [0.29, 0.717) is 54.3 Å². The largest absolute Gasteiger partial charge is 0.443 e. The van der Waals surface area contributed by atoms with E-state index in [1.165, 1.54) is 21.8 Å². The number of alkyl halides is 6. The molecule has 354 valence electrons. The molecule has 1 aliphatic rings. The predicted molar refractivity (Wildman–Crippen MR) is 229 cm³/mol. The van der Waals surface area contributed by atoms with Gasteiger partial charge in [0.25, 0.3) is 0 Å². The molecule has 1 saturated carbocycles. The van der Waals surface area contributed by atoms with E-state index in [1.807, 2.05) is 18.3 Å². The zero-order valence-electron chi connectivity index (χ0n) is 38.0. The Balaban J connectivity index is 1.42. The minimum atomic E-state index is -5.06. The van der Waals surface area contributed by atoms with Crippen molar-refractivity contribution in [2.24, 2.45) is 7.05 Å². The van der Waals surface area contributed by atoms with Crippen LogP contribution in [0.3, 0.4) is 0 Å². The smallest absolute Gasteiger partial charge is 0.420 e. The van der Waals surface area contributed by atoms with Crippen LogP contribution in [0.1, 0.15) is 112 Å². The number of nitrogens with zero attached hydrogens (tertiary/aromatic N) is 6. The number of hydrogen-bond acceptors (Lipinski definition) is 10. The Morgan fingerprint density at radius 1 is 0.738 bits per heavy atom. The minimum Gasteiger partial charge on any atom is -0.443 e. The highest BCUT2D eigenvalue weighted by Gasteiger charge is 2.42. The Kier molecular flexibility index (Phi) is 14.1. The number of aromatic nitrogens is 4. The standard InChI is InChI=1S/C44H54F6N8O7/c1-12-24-19-25(32-22-33(55-56(32)11)53-36(59)52-31-21-27(43(45,46)47)13-18-30(31)44(48,49)50)20-26-23-51-35(54-34(24)26)57(37(60)63-40(2,3)4)28-14-16-29(17-15-28)58(38(61)64-41(5,6)7)39(62)65-42(8,9)10/h13,18-23,28-29H,12,14-17H2,1-11H3,(H2,52,53,55,59). The number of anilines is 3. The molecule has 0 radical (unpaired) electrons. The monoisotopic (exact) mass is 920 g/mol. The van der Waals surface area contributed by atoms with Gasteiger partial charge in [0, 0.05) is 42.3 Å². The van der Waals surface area contributed by atoms with Crippen molar-refractivity contribution in [1.82, 2.24) is 24.6 Å². The van der Waals surface area contributed by atoms with Crippen molar-refractivity contribution in [3.8, 4) is 11.3 Å². The van der Waals surface area contributed by atoms with Crippen LogP contribution in [-0.2, 0) is 40.0 Å². The van der Waals surface area contributed by atoms with Crippen LogP contribution < -0.4 is 15.5 Å². The summed E-state index contributed by atoms with van der Waals surface area (Å²) in [6.07, 6.45) is -9.19. The number of urea groups is 1. The lowest BCUT2D eigenvalue weighted by molar-refractivity contribution is -0.140. The van der Waals surface area contributed by atoms with Gasteiger partial charge in [-0.3, -0.25) is 10.00 Å². The Morgan fingerprint density at radius 3 is 1.82 bits per heavy atom. The molecule has 2 N–H and O–H groups in total. The number of ether oxygens (including phenoxy) is 3. The zero-order valence-corrected chi connectivity index (χ0v) is 38.0. The number of halogens is 6. The number of nitrogens with one attached hydrogen (secondary N) is 2. The topological polar surface area (TPSA) is 170 Å². The fourth-order valence-electron chi connectivity index (χ4n) is 7.16. The Morgan fingerprint density at radius 2 is 1.29 bits per heavy atom. The number of hydrogen-bond donors (Lipinski definition) is 2. The third kappa shape index (κ3) is 12.8. The van der Waals surface area contributed by atoms with E-state index in [9.17, 15) is 45.5 Å². The van der Waals surface area contributed by atoms with Crippen molar-refractivity contribution in [3.63, 3.8) is 0 Å². The number of carbonyl (C=O) groups is 4. The van der Waals surface area contributed by atoms with Gasteiger partial charge in [-0.1, -0.05) is 6.92 Å². The molecule has 21 heteroatoms. The molecule has 0 spiro atoms. The minimum absolute atomic E-state index is 0.0567. The number of amides is 5. The zero-order chi connectivity index (χ0) is 48.6. The van der Waals surface area contributed by atoms with Gasteiger partial charge in [0.05, 0.1) is 28.0 Å². The first-order valence-electron chi connectivity index (χ1n) is 20.8. The van der Waals surface area contributed by atoms with Gasteiger partial charge >= 0.3 is 36.7 Å². The summed E-state index contributed by atoms with van der Waals surface area (Å²) < 4.78 is 99.3. The highest BCUT2D eigenvalue weighted by Crippen LogP contribution is 2.40. The lowest BCUT2D eigenvalue weighted by atomic mass is 9.89. The molecule has 1 fully saturated rings. The van der Waals surface area contributed by atoms with E-state index in [1.54, 1.807) is 75.4 Å². The van der Waals surface area contributed by atoms with Gasteiger partial charge in [0.1, 0.15) is 16.8 Å². The maximum Gasteiger partial charge on any atom is 0.420 e. The Labute approximate surface area is 372 Å². The molecule has 2 heterocycles. The lowest BCUT2D eigenvalue weighted by Gasteiger charge is -2.39. The normalized spacial score (nSPS) is 16.1. The molecular weight excluding hydrogens is 867 g/mol. The van der Waals surface area contributed by atoms with Crippen molar-refractivity contribution in [3.05, 3.63) is 59.3 Å². The Hall–Kier alpha value is -6.15. The van der Waals surface area contributed by atoms with Crippen molar-refractivity contribution < 1.29 is 59.7 Å². The highest BCUT2D eigenvalue weighted by molar-refractivity contribution is 6.00. The molecule has 1 aliphatic carbocycles. The molecule has 0 saturated heterocycles. The van der Waals surface area contributed by atoms with Crippen LogP contribution in [0.25, 0.3) is 22.2 Å². The van der Waals surface area contributed by atoms with Gasteiger partial charge in [-0.05, 0) is 130 Å². The molecule has 2 aromatic carbocycles. The first-order chi connectivity index (χ1) is 29.8.